The molecule has 0 unspecified atom stereocenters. The summed E-state index contributed by atoms with van der Waals surface area (Å²) in [5.41, 5.74) is 12.2. The molecule has 254 valence electrons. The Kier molecular flexibility index (Phi) is 6.86. The fourth-order valence-electron chi connectivity index (χ4n) is 9.09. The minimum absolute atomic E-state index is 0.471. The van der Waals surface area contributed by atoms with Gasteiger partial charge in [-0.05, 0) is 63.1 Å². The molecule has 0 saturated heterocycles. The molecule has 4 heteroatoms. The molecule has 54 heavy (non-hydrogen) atoms. The average Bonchev–Trinajstić information content (AvgIpc) is 3.54. The van der Waals surface area contributed by atoms with Crippen LogP contribution in [0.3, 0.4) is 0 Å². The first-order valence-corrected chi connectivity index (χ1v) is 18.6. The standard InChI is InChI=1S/C50H33N3O/c1-2-17-33(18-3-1)47-51-48(39-26-14-19-32-16-4-5-20-34(32)39)53-49(52-47)40-24-7-6-21-35(40)38-25-15-30-44-46(38)54-45-31-13-12-29-43(45)50(44)41-27-10-8-22-36(41)37-23-9-11-28-42(37)50/h1-14,16-29,31H,15,30H2. The van der Waals surface area contributed by atoms with Crippen LogP contribution in [0.5, 0.6) is 5.75 Å². The highest BCUT2D eigenvalue weighted by atomic mass is 16.5. The zero-order valence-electron chi connectivity index (χ0n) is 29.4. The number of ether oxygens (including phenoxy) is 1. The quantitative estimate of drug-likeness (QED) is 0.184. The highest BCUT2D eigenvalue weighted by Crippen LogP contribution is 2.63. The van der Waals surface area contributed by atoms with Gasteiger partial charge in [-0.3, -0.25) is 0 Å². The van der Waals surface area contributed by atoms with E-state index in [4.69, 9.17) is 19.7 Å². The Morgan fingerprint density at radius 2 is 1.00 bits per heavy atom. The topological polar surface area (TPSA) is 47.9 Å². The number of para-hydroxylation sites is 1. The van der Waals surface area contributed by atoms with Gasteiger partial charge in [0.05, 0.1) is 5.41 Å². The molecule has 0 saturated carbocycles. The van der Waals surface area contributed by atoms with Crippen LogP contribution in [0.15, 0.2) is 187 Å². The summed E-state index contributed by atoms with van der Waals surface area (Å²) in [5, 5.41) is 2.25. The molecule has 3 aliphatic rings. The van der Waals surface area contributed by atoms with Gasteiger partial charge in [0.25, 0.3) is 0 Å². The van der Waals surface area contributed by atoms with Crippen LogP contribution in [0.4, 0.5) is 0 Å². The first-order valence-electron chi connectivity index (χ1n) is 18.6. The van der Waals surface area contributed by atoms with Crippen LogP contribution >= 0.6 is 0 Å². The van der Waals surface area contributed by atoms with E-state index in [9.17, 15) is 0 Å². The second kappa shape index (κ2) is 12.1. The Balaban J connectivity index is 1.14. The van der Waals surface area contributed by atoms with Gasteiger partial charge >= 0.3 is 0 Å². The van der Waals surface area contributed by atoms with E-state index in [1.54, 1.807) is 0 Å². The molecule has 0 bridgehead atoms. The summed E-state index contributed by atoms with van der Waals surface area (Å²) in [7, 11) is 0. The highest BCUT2D eigenvalue weighted by Gasteiger charge is 2.52. The molecule has 0 amide bonds. The molecule has 0 atom stereocenters. The van der Waals surface area contributed by atoms with Gasteiger partial charge in [-0.1, -0.05) is 170 Å². The molecule has 0 N–H and O–H groups in total. The van der Waals surface area contributed by atoms with E-state index in [-0.39, 0.29) is 0 Å². The molecule has 8 aromatic rings. The number of allylic oxidation sites excluding steroid dienone is 3. The zero-order valence-corrected chi connectivity index (χ0v) is 29.4. The van der Waals surface area contributed by atoms with Crippen molar-refractivity contribution in [2.24, 2.45) is 0 Å². The third kappa shape index (κ3) is 4.47. The van der Waals surface area contributed by atoms with E-state index in [1.165, 1.54) is 33.4 Å². The SMILES string of the molecule is C1=C(c2ccccc2-c2nc(-c3ccccc3)nc(-c3cccc4ccccc34)n2)C2=C(CC1)C1(c3ccccc3O2)c2ccccc2-c2ccccc21. The minimum Gasteiger partial charge on any atom is -0.456 e. The number of hydrogen-bond donors (Lipinski definition) is 0. The lowest BCUT2D eigenvalue weighted by Crippen LogP contribution is -2.36. The molecule has 1 aliphatic heterocycles. The van der Waals surface area contributed by atoms with Crippen molar-refractivity contribution in [1.82, 2.24) is 15.0 Å². The predicted molar refractivity (Wildman–Crippen MR) is 217 cm³/mol. The van der Waals surface area contributed by atoms with Crippen LogP contribution in [0.25, 0.3) is 61.6 Å². The van der Waals surface area contributed by atoms with Crippen molar-refractivity contribution in [1.29, 1.82) is 0 Å². The van der Waals surface area contributed by atoms with E-state index < -0.39 is 5.41 Å². The van der Waals surface area contributed by atoms with E-state index in [0.717, 1.165) is 62.9 Å². The van der Waals surface area contributed by atoms with Crippen LogP contribution in [0, 0.1) is 0 Å². The lowest BCUT2D eigenvalue weighted by Gasteiger charge is -2.43. The van der Waals surface area contributed by atoms with Crippen molar-refractivity contribution >= 4 is 16.3 Å². The number of nitrogens with zero attached hydrogens (tertiary/aromatic N) is 3. The number of fused-ring (bicyclic) bond motifs is 9. The molecule has 1 spiro atoms. The zero-order chi connectivity index (χ0) is 35.6. The van der Waals surface area contributed by atoms with Crippen molar-refractivity contribution in [3.05, 3.63) is 210 Å². The monoisotopic (exact) mass is 691 g/mol. The van der Waals surface area contributed by atoms with Crippen molar-refractivity contribution in [2.75, 3.05) is 0 Å². The number of rotatable bonds is 4. The Bertz CT molecular complexity index is 2820. The Morgan fingerprint density at radius 1 is 0.444 bits per heavy atom. The molecule has 0 fully saturated rings. The van der Waals surface area contributed by atoms with E-state index in [1.807, 2.05) is 18.2 Å². The largest absolute Gasteiger partial charge is 0.456 e. The second-order valence-corrected chi connectivity index (χ2v) is 14.1. The third-order valence-corrected chi connectivity index (χ3v) is 11.3. The number of aromatic nitrogens is 3. The summed E-state index contributed by atoms with van der Waals surface area (Å²) in [4.78, 5) is 15.6. The number of benzene rings is 7. The maximum Gasteiger partial charge on any atom is 0.164 e. The summed E-state index contributed by atoms with van der Waals surface area (Å²) < 4.78 is 7.10. The van der Waals surface area contributed by atoms with Crippen LogP contribution in [0.1, 0.15) is 35.1 Å². The van der Waals surface area contributed by atoms with Crippen molar-refractivity contribution in [2.45, 2.75) is 18.3 Å². The summed E-state index contributed by atoms with van der Waals surface area (Å²) in [6.45, 7) is 0. The maximum atomic E-state index is 7.10. The number of hydrogen-bond acceptors (Lipinski definition) is 4. The molecule has 2 heterocycles. The molecule has 4 nitrogen and oxygen atoms in total. The van der Waals surface area contributed by atoms with Crippen LogP contribution < -0.4 is 4.74 Å². The normalized spacial score (nSPS) is 14.9. The van der Waals surface area contributed by atoms with Gasteiger partial charge in [0, 0.05) is 27.8 Å². The molecule has 0 radical (unpaired) electrons. The van der Waals surface area contributed by atoms with Crippen molar-refractivity contribution in [3.8, 4) is 51.0 Å². The molecule has 11 rings (SSSR count). The van der Waals surface area contributed by atoms with Crippen LogP contribution in [-0.2, 0) is 5.41 Å². The molecular formula is C50H33N3O. The van der Waals surface area contributed by atoms with Gasteiger partial charge in [-0.15, -0.1) is 0 Å². The van der Waals surface area contributed by atoms with Gasteiger partial charge in [-0.2, -0.15) is 0 Å². The fourth-order valence-corrected chi connectivity index (χ4v) is 9.09. The summed E-state index contributed by atoms with van der Waals surface area (Å²) in [6.07, 6.45) is 4.11. The van der Waals surface area contributed by atoms with Crippen molar-refractivity contribution in [3.63, 3.8) is 0 Å². The van der Waals surface area contributed by atoms with Crippen LogP contribution in [0.2, 0.25) is 0 Å². The molecule has 1 aromatic heterocycles. The maximum absolute atomic E-state index is 7.10. The summed E-state index contributed by atoms with van der Waals surface area (Å²) in [5.74, 6) is 3.71. The average molecular weight is 692 g/mol. The molecule has 7 aromatic carbocycles. The Hall–Kier alpha value is -6.91. The molecular weight excluding hydrogens is 659 g/mol. The van der Waals surface area contributed by atoms with Gasteiger partial charge in [-0.25, -0.2) is 15.0 Å². The van der Waals surface area contributed by atoms with E-state index >= 15 is 0 Å². The summed E-state index contributed by atoms with van der Waals surface area (Å²) in [6, 6.07) is 59.8. The smallest absolute Gasteiger partial charge is 0.164 e. The Labute approximate surface area is 313 Å². The second-order valence-electron chi connectivity index (χ2n) is 14.1. The highest BCUT2D eigenvalue weighted by molar-refractivity contribution is 5.96. The van der Waals surface area contributed by atoms with Gasteiger partial charge in [0.2, 0.25) is 0 Å². The molecule has 2 aliphatic carbocycles. The van der Waals surface area contributed by atoms with Gasteiger partial charge < -0.3 is 4.74 Å². The van der Waals surface area contributed by atoms with Gasteiger partial charge in [0.15, 0.2) is 17.5 Å². The van der Waals surface area contributed by atoms with Crippen molar-refractivity contribution < 1.29 is 4.74 Å². The fraction of sp³-hybridized carbons (Fsp3) is 0.0600. The van der Waals surface area contributed by atoms with Crippen LogP contribution in [-0.4, -0.2) is 15.0 Å². The lowest BCUT2D eigenvalue weighted by atomic mass is 9.63. The van der Waals surface area contributed by atoms with E-state index in [0.29, 0.717) is 17.5 Å². The minimum atomic E-state index is -0.471. The Morgan fingerprint density at radius 3 is 1.78 bits per heavy atom. The lowest BCUT2D eigenvalue weighted by molar-refractivity contribution is 0.394. The van der Waals surface area contributed by atoms with E-state index in [2.05, 4.69) is 158 Å². The summed E-state index contributed by atoms with van der Waals surface area (Å²) >= 11 is 0. The van der Waals surface area contributed by atoms with Gasteiger partial charge in [0.1, 0.15) is 11.5 Å². The first kappa shape index (κ1) is 30.7. The third-order valence-electron chi connectivity index (χ3n) is 11.3. The predicted octanol–water partition coefficient (Wildman–Crippen LogP) is 11.9. The first-order chi connectivity index (χ1) is 26.8.